The summed E-state index contributed by atoms with van der Waals surface area (Å²) in [5.41, 5.74) is 0. The van der Waals surface area contributed by atoms with Crippen LogP contribution >= 0.6 is 0 Å². The van der Waals surface area contributed by atoms with E-state index in [0.717, 1.165) is 19.4 Å². The zero-order chi connectivity index (χ0) is 11.4. The number of nitrogens with zero attached hydrogens (tertiary/aromatic N) is 2. The lowest BCUT2D eigenvalue weighted by Crippen LogP contribution is -2.37. The summed E-state index contributed by atoms with van der Waals surface area (Å²) in [6.07, 6.45) is 4.91. The standard InChI is InChI=1S/C9H14N4O2S/c14-16(15,9-11-5-2-6-12-9)13-7-8-3-1-4-10-8/h2,5-6,8,10,13H,1,3-4,7H2. The Morgan fingerprint density at radius 1 is 1.44 bits per heavy atom. The van der Waals surface area contributed by atoms with Crippen LogP contribution in [-0.2, 0) is 10.0 Å². The number of hydrogen-bond acceptors (Lipinski definition) is 5. The van der Waals surface area contributed by atoms with E-state index in [9.17, 15) is 8.42 Å². The molecule has 1 atom stereocenters. The Labute approximate surface area is 94.6 Å². The molecule has 0 amide bonds. The van der Waals surface area contributed by atoms with Crippen LogP contribution in [0.15, 0.2) is 23.6 Å². The van der Waals surface area contributed by atoms with Crippen molar-refractivity contribution in [2.75, 3.05) is 13.1 Å². The molecule has 1 fully saturated rings. The van der Waals surface area contributed by atoms with Gasteiger partial charge in [-0.15, -0.1) is 0 Å². The van der Waals surface area contributed by atoms with Crippen LogP contribution in [0.3, 0.4) is 0 Å². The third kappa shape index (κ3) is 2.75. The molecule has 0 spiro atoms. The minimum Gasteiger partial charge on any atom is -0.313 e. The molecule has 1 aliphatic heterocycles. The molecule has 16 heavy (non-hydrogen) atoms. The minimum atomic E-state index is -3.56. The normalized spacial score (nSPS) is 21.1. The summed E-state index contributed by atoms with van der Waals surface area (Å²) < 4.78 is 26.0. The Balaban J connectivity index is 1.98. The molecular weight excluding hydrogens is 228 g/mol. The van der Waals surface area contributed by atoms with Gasteiger partial charge in [0, 0.05) is 25.0 Å². The average molecular weight is 242 g/mol. The van der Waals surface area contributed by atoms with Gasteiger partial charge in [0.2, 0.25) is 0 Å². The average Bonchev–Trinajstić information content (AvgIpc) is 2.81. The fourth-order valence-corrected chi connectivity index (χ4v) is 2.58. The van der Waals surface area contributed by atoms with Crippen LogP contribution in [0.1, 0.15) is 12.8 Å². The molecule has 7 heteroatoms. The first-order chi connectivity index (χ1) is 7.68. The highest BCUT2D eigenvalue weighted by atomic mass is 32.2. The summed E-state index contributed by atoms with van der Waals surface area (Å²) in [5.74, 6) is 0. The quantitative estimate of drug-likeness (QED) is 0.696. The van der Waals surface area contributed by atoms with E-state index in [1.54, 1.807) is 6.07 Å². The molecule has 1 saturated heterocycles. The summed E-state index contributed by atoms with van der Waals surface area (Å²) in [6.45, 7) is 1.34. The van der Waals surface area contributed by atoms with Crippen LogP contribution in [0.2, 0.25) is 0 Å². The molecule has 0 aromatic carbocycles. The van der Waals surface area contributed by atoms with Crippen molar-refractivity contribution in [1.29, 1.82) is 0 Å². The maximum atomic E-state index is 11.7. The molecule has 0 radical (unpaired) electrons. The van der Waals surface area contributed by atoms with Crippen LogP contribution in [-0.4, -0.2) is 37.5 Å². The lowest BCUT2D eigenvalue weighted by Gasteiger charge is -2.10. The predicted molar refractivity (Wildman–Crippen MR) is 58.2 cm³/mol. The first-order valence-corrected chi connectivity index (χ1v) is 6.67. The Morgan fingerprint density at radius 2 is 2.19 bits per heavy atom. The molecule has 1 aliphatic rings. The van der Waals surface area contributed by atoms with E-state index in [1.807, 2.05) is 0 Å². The van der Waals surface area contributed by atoms with Gasteiger partial charge >= 0.3 is 0 Å². The lowest BCUT2D eigenvalue weighted by molar-refractivity contribution is 0.545. The minimum absolute atomic E-state index is 0.173. The predicted octanol–water partition coefficient (Wildman–Crippen LogP) is -0.493. The molecular formula is C9H14N4O2S. The van der Waals surface area contributed by atoms with Crippen molar-refractivity contribution >= 4 is 10.0 Å². The van der Waals surface area contributed by atoms with Crippen LogP contribution in [0, 0.1) is 0 Å². The third-order valence-corrected chi connectivity index (χ3v) is 3.70. The number of rotatable bonds is 4. The number of hydrogen-bond donors (Lipinski definition) is 2. The van der Waals surface area contributed by atoms with E-state index >= 15 is 0 Å². The van der Waals surface area contributed by atoms with Crippen molar-refractivity contribution in [2.24, 2.45) is 0 Å². The molecule has 0 aliphatic carbocycles. The van der Waals surface area contributed by atoms with Gasteiger partial charge in [0.05, 0.1) is 0 Å². The van der Waals surface area contributed by atoms with Gasteiger partial charge in [-0.05, 0) is 25.5 Å². The lowest BCUT2D eigenvalue weighted by atomic mass is 10.2. The van der Waals surface area contributed by atoms with Crippen molar-refractivity contribution in [3.8, 4) is 0 Å². The maximum Gasteiger partial charge on any atom is 0.276 e. The highest BCUT2D eigenvalue weighted by molar-refractivity contribution is 7.89. The van der Waals surface area contributed by atoms with Gasteiger partial charge in [0.1, 0.15) is 0 Å². The van der Waals surface area contributed by atoms with Gasteiger partial charge in [-0.25, -0.2) is 23.1 Å². The first kappa shape index (κ1) is 11.4. The van der Waals surface area contributed by atoms with E-state index in [0.29, 0.717) is 6.54 Å². The van der Waals surface area contributed by atoms with Gasteiger partial charge in [-0.2, -0.15) is 0 Å². The molecule has 88 valence electrons. The summed E-state index contributed by atoms with van der Waals surface area (Å²) in [4.78, 5) is 7.43. The molecule has 1 aromatic rings. The number of sulfonamides is 1. The SMILES string of the molecule is O=S(=O)(NCC1CCCN1)c1ncccn1. The fourth-order valence-electron chi connectivity index (χ4n) is 1.63. The Bertz CT molecular complexity index is 428. The van der Waals surface area contributed by atoms with Crippen molar-refractivity contribution in [2.45, 2.75) is 24.0 Å². The zero-order valence-electron chi connectivity index (χ0n) is 8.76. The smallest absolute Gasteiger partial charge is 0.276 e. The van der Waals surface area contributed by atoms with Gasteiger partial charge in [0.25, 0.3) is 15.2 Å². The number of aromatic nitrogens is 2. The highest BCUT2D eigenvalue weighted by Crippen LogP contribution is 2.05. The van der Waals surface area contributed by atoms with Crippen LogP contribution in [0.5, 0.6) is 0 Å². The van der Waals surface area contributed by atoms with Crippen molar-refractivity contribution in [3.63, 3.8) is 0 Å². The maximum absolute atomic E-state index is 11.7. The van der Waals surface area contributed by atoms with Crippen LogP contribution in [0.25, 0.3) is 0 Å². The Kier molecular flexibility index (Phi) is 3.47. The second-order valence-electron chi connectivity index (χ2n) is 3.68. The Hall–Kier alpha value is -1.05. The molecule has 2 rings (SSSR count). The summed E-state index contributed by atoms with van der Waals surface area (Å²) in [6, 6.07) is 1.80. The van der Waals surface area contributed by atoms with Gasteiger partial charge < -0.3 is 5.32 Å². The molecule has 0 bridgehead atoms. The second-order valence-corrected chi connectivity index (χ2v) is 5.34. The van der Waals surface area contributed by atoms with Gasteiger partial charge in [-0.3, -0.25) is 0 Å². The van der Waals surface area contributed by atoms with Gasteiger partial charge in [-0.1, -0.05) is 0 Å². The zero-order valence-corrected chi connectivity index (χ0v) is 9.57. The summed E-state index contributed by atoms with van der Waals surface area (Å²) in [7, 11) is -3.56. The van der Waals surface area contributed by atoms with Crippen molar-refractivity contribution in [3.05, 3.63) is 18.5 Å². The van der Waals surface area contributed by atoms with E-state index in [4.69, 9.17) is 0 Å². The third-order valence-electron chi connectivity index (χ3n) is 2.46. The largest absolute Gasteiger partial charge is 0.313 e. The second kappa shape index (κ2) is 4.86. The van der Waals surface area contributed by atoms with Crippen LogP contribution < -0.4 is 10.0 Å². The highest BCUT2D eigenvalue weighted by Gasteiger charge is 2.20. The van der Waals surface area contributed by atoms with Crippen molar-refractivity contribution in [1.82, 2.24) is 20.0 Å². The molecule has 2 heterocycles. The van der Waals surface area contributed by atoms with Gasteiger partial charge in [0.15, 0.2) is 0 Å². The molecule has 1 unspecified atom stereocenters. The number of nitrogens with one attached hydrogen (secondary N) is 2. The molecule has 2 N–H and O–H groups in total. The Morgan fingerprint density at radius 3 is 2.81 bits per heavy atom. The monoisotopic (exact) mass is 242 g/mol. The fraction of sp³-hybridized carbons (Fsp3) is 0.556. The summed E-state index contributed by atoms with van der Waals surface area (Å²) in [5, 5.41) is 3.04. The van der Waals surface area contributed by atoms with E-state index in [-0.39, 0.29) is 11.2 Å². The molecule has 6 nitrogen and oxygen atoms in total. The topological polar surface area (TPSA) is 84.0 Å². The van der Waals surface area contributed by atoms with E-state index in [1.165, 1.54) is 12.4 Å². The summed E-state index contributed by atoms with van der Waals surface area (Å²) >= 11 is 0. The molecule has 1 aromatic heterocycles. The van der Waals surface area contributed by atoms with E-state index < -0.39 is 10.0 Å². The molecule has 0 saturated carbocycles. The van der Waals surface area contributed by atoms with E-state index in [2.05, 4.69) is 20.0 Å². The van der Waals surface area contributed by atoms with Crippen molar-refractivity contribution < 1.29 is 8.42 Å². The van der Waals surface area contributed by atoms with Crippen LogP contribution in [0.4, 0.5) is 0 Å². The first-order valence-electron chi connectivity index (χ1n) is 5.18.